The highest BCUT2D eigenvalue weighted by molar-refractivity contribution is 5.63. The lowest BCUT2D eigenvalue weighted by Gasteiger charge is -2.23. The van der Waals surface area contributed by atoms with Crippen LogP contribution in [0.5, 0.6) is 5.75 Å². The second-order valence-corrected chi connectivity index (χ2v) is 6.46. The predicted molar refractivity (Wildman–Crippen MR) is 110 cm³/mol. The molecule has 0 spiro atoms. The van der Waals surface area contributed by atoms with E-state index in [1.54, 1.807) is 25.7 Å². The van der Waals surface area contributed by atoms with Gasteiger partial charge in [0.2, 0.25) is 0 Å². The predicted octanol–water partition coefficient (Wildman–Crippen LogP) is 5.39. The molecule has 2 heterocycles. The van der Waals surface area contributed by atoms with Crippen molar-refractivity contribution in [2.24, 2.45) is 0 Å². The minimum Gasteiger partial charge on any atom is -0.497 e. The van der Waals surface area contributed by atoms with Crippen LogP contribution in [0.15, 0.2) is 83.7 Å². The number of oxazole rings is 1. The Morgan fingerprint density at radius 2 is 1.71 bits per heavy atom. The summed E-state index contributed by atoms with van der Waals surface area (Å²) in [5.41, 5.74) is 4.29. The van der Waals surface area contributed by atoms with Crippen LogP contribution in [0.25, 0.3) is 11.3 Å². The van der Waals surface area contributed by atoms with Crippen molar-refractivity contribution in [3.8, 4) is 17.1 Å². The van der Waals surface area contributed by atoms with E-state index < -0.39 is 0 Å². The fourth-order valence-corrected chi connectivity index (χ4v) is 3.07. The molecule has 4 aromatic rings. The number of aryl methyl sites for hydroxylation is 1. The molecule has 2 aromatic heterocycles. The zero-order valence-corrected chi connectivity index (χ0v) is 15.9. The number of benzene rings is 2. The molecule has 0 aliphatic carbocycles. The summed E-state index contributed by atoms with van der Waals surface area (Å²) >= 11 is 0. The van der Waals surface area contributed by atoms with Crippen LogP contribution < -0.4 is 9.64 Å². The van der Waals surface area contributed by atoms with Gasteiger partial charge in [-0.1, -0.05) is 30.3 Å². The summed E-state index contributed by atoms with van der Waals surface area (Å²) in [6.45, 7) is 2.72. The monoisotopic (exact) mass is 371 g/mol. The second kappa shape index (κ2) is 7.96. The van der Waals surface area contributed by atoms with Crippen molar-refractivity contribution in [3.05, 3.63) is 90.4 Å². The van der Waals surface area contributed by atoms with Crippen LogP contribution in [-0.4, -0.2) is 17.1 Å². The van der Waals surface area contributed by atoms with Crippen molar-refractivity contribution in [2.75, 3.05) is 12.0 Å². The van der Waals surface area contributed by atoms with E-state index in [2.05, 4.69) is 46.1 Å². The van der Waals surface area contributed by atoms with Crippen molar-refractivity contribution in [2.45, 2.75) is 13.5 Å². The Morgan fingerprint density at radius 3 is 2.43 bits per heavy atom. The van der Waals surface area contributed by atoms with Gasteiger partial charge in [0.05, 0.1) is 19.9 Å². The number of ether oxygens (including phenoxy) is 1. The van der Waals surface area contributed by atoms with E-state index in [1.807, 2.05) is 36.4 Å². The van der Waals surface area contributed by atoms with E-state index in [-0.39, 0.29) is 0 Å². The van der Waals surface area contributed by atoms with Gasteiger partial charge < -0.3 is 9.15 Å². The third-order valence-electron chi connectivity index (χ3n) is 4.60. The minimum atomic E-state index is 0.553. The van der Waals surface area contributed by atoms with Gasteiger partial charge in [0, 0.05) is 23.6 Å². The van der Waals surface area contributed by atoms with Crippen LogP contribution in [0, 0.1) is 6.92 Å². The number of nitrogens with zero attached hydrogens (tertiary/aromatic N) is 3. The molecule has 5 nitrogen and oxygen atoms in total. The highest BCUT2D eigenvalue weighted by Crippen LogP contribution is 2.32. The molecule has 0 saturated carbocycles. The second-order valence-electron chi connectivity index (χ2n) is 6.46. The average Bonchev–Trinajstić information content (AvgIpc) is 3.24. The summed E-state index contributed by atoms with van der Waals surface area (Å²) in [6, 6.07) is 20.6. The maximum Gasteiger partial charge on any atom is 0.302 e. The molecule has 5 heteroatoms. The zero-order chi connectivity index (χ0) is 19.3. The molecular formula is C23H21N3O2. The zero-order valence-electron chi connectivity index (χ0n) is 15.9. The van der Waals surface area contributed by atoms with E-state index in [4.69, 9.17) is 9.15 Å². The fraction of sp³-hybridized carbons (Fsp3) is 0.130. The number of rotatable bonds is 6. The van der Waals surface area contributed by atoms with E-state index in [9.17, 15) is 0 Å². The van der Waals surface area contributed by atoms with Crippen LogP contribution in [0.3, 0.4) is 0 Å². The van der Waals surface area contributed by atoms with E-state index >= 15 is 0 Å². The van der Waals surface area contributed by atoms with Gasteiger partial charge in [0.25, 0.3) is 0 Å². The Hall–Kier alpha value is -3.60. The van der Waals surface area contributed by atoms with Crippen molar-refractivity contribution in [1.29, 1.82) is 0 Å². The molecule has 0 saturated heterocycles. The molecule has 0 unspecified atom stereocenters. The number of para-hydroxylation sites is 1. The molecule has 140 valence electrons. The normalized spacial score (nSPS) is 10.6. The Labute approximate surface area is 164 Å². The van der Waals surface area contributed by atoms with E-state index in [0.717, 1.165) is 28.1 Å². The third kappa shape index (κ3) is 3.74. The summed E-state index contributed by atoms with van der Waals surface area (Å²) in [7, 11) is 1.67. The van der Waals surface area contributed by atoms with Gasteiger partial charge in [0.1, 0.15) is 5.75 Å². The lowest BCUT2D eigenvalue weighted by molar-refractivity contribution is 0.414. The number of methoxy groups -OCH3 is 1. The van der Waals surface area contributed by atoms with Crippen LogP contribution >= 0.6 is 0 Å². The fourth-order valence-electron chi connectivity index (χ4n) is 3.07. The number of anilines is 2. The first-order valence-electron chi connectivity index (χ1n) is 9.07. The minimum absolute atomic E-state index is 0.553. The molecule has 0 amide bonds. The quantitative estimate of drug-likeness (QED) is 0.455. The van der Waals surface area contributed by atoms with Gasteiger partial charge in [-0.3, -0.25) is 9.88 Å². The molecule has 0 aliphatic rings. The molecule has 0 atom stereocenters. The molecule has 28 heavy (non-hydrogen) atoms. The Morgan fingerprint density at radius 1 is 0.964 bits per heavy atom. The number of hydrogen-bond donors (Lipinski definition) is 0. The first kappa shape index (κ1) is 17.8. The van der Waals surface area contributed by atoms with Crippen LogP contribution in [0.1, 0.15) is 11.1 Å². The van der Waals surface area contributed by atoms with Gasteiger partial charge in [-0.2, -0.15) is 0 Å². The molecule has 4 rings (SSSR count). The lowest BCUT2D eigenvalue weighted by atomic mass is 10.1. The molecule has 0 bridgehead atoms. The summed E-state index contributed by atoms with van der Waals surface area (Å²) in [5, 5.41) is 0. The topological polar surface area (TPSA) is 51.4 Å². The summed E-state index contributed by atoms with van der Waals surface area (Å²) in [6.07, 6.45) is 5.24. The van der Waals surface area contributed by atoms with Crippen LogP contribution in [0.2, 0.25) is 0 Å². The van der Waals surface area contributed by atoms with Gasteiger partial charge in [-0.05, 0) is 48.4 Å². The number of aromatic nitrogens is 2. The van der Waals surface area contributed by atoms with Gasteiger partial charge in [0.15, 0.2) is 5.76 Å². The largest absolute Gasteiger partial charge is 0.497 e. The van der Waals surface area contributed by atoms with Gasteiger partial charge in [-0.15, -0.1) is 0 Å². The number of hydrogen-bond acceptors (Lipinski definition) is 5. The average molecular weight is 371 g/mol. The Bertz CT molecular complexity index is 1040. The summed E-state index contributed by atoms with van der Waals surface area (Å²) in [5.74, 6) is 1.55. The van der Waals surface area contributed by atoms with Crippen molar-refractivity contribution in [3.63, 3.8) is 0 Å². The van der Waals surface area contributed by atoms with E-state index in [0.29, 0.717) is 18.3 Å². The van der Waals surface area contributed by atoms with E-state index in [1.165, 1.54) is 0 Å². The van der Waals surface area contributed by atoms with Crippen molar-refractivity contribution < 1.29 is 9.15 Å². The first-order valence-corrected chi connectivity index (χ1v) is 9.07. The molecule has 2 aromatic carbocycles. The first-order chi connectivity index (χ1) is 13.7. The van der Waals surface area contributed by atoms with Crippen molar-refractivity contribution in [1.82, 2.24) is 9.97 Å². The van der Waals surface area contributed by atoms with Crippen LogP contribution in [0.4, 0.5) is 11.7 Å². The summed E-state index contributed by atoms with van der Waals surface area (Å²) < 4.78 is 11.4. The summed E-state index contributed by atoms with van der Waals surface area (Å²) in [4.78, 5) is 10.7. The molecule has 0 aliphatic heterocycles. The Balaban J connectivity index is 1.71. The van der Waals surface area contributed by atoms with Gasteiger partial charge in [-0.25, -0.2) is 4.98 Å². The smallest absolute Gasteiger partial charge is 0.302 e. The van der Waals surface area contributed by atoms with Crippen molar-refractivity contribution >= 4 is 11.7 Å². The van der Waals surface area contributed by atoms with Crippen LogP contribution in [-0.2, 0) is 6.54 Å². The molecule has 0 fully saturated rings. The SMILES string of the molecule is COc1ccc(CN(c2ncc(-c3ccncc3)o2)c2ccccc2C)cc1. The molecule has 0 radical (unpaired) electrons. The standard InChI is InChI=1S/C23H21N3O2/c1-17-5-3-4-6-21(17)26(16-18-7-9-20(27-2)10-8-18)23-25-15-22(28-23)19-11-13-24-14-12-19/h3-15H,16H2,1-2H3. The molecular weight excluding hydrogens is 350 g/mol. The maximum atomic E-state index is 6.12. The Kier molecular flexibility index (Phi) is 5.06. The highest BCUT2D eigenvalue weighted by Gasteiger charge is 2.18. The maximum absolute atomic E-state index is 6.12. The lowest BCUT2D eigenvalue weighted by Crippen LogP contribution is -2.17. The molecule has 0 N–H and O–H groups in total. The third-order valence-corrected chi connectivity index (χ3v) is 4.60. The highest BCUT2D eigenvalue weighted by atomic mass is 16.5. The number of pyridine rings is 1. The van der Waals surface area contributed by atoms with Gasteiger partial charge >= 0.3 is 6.01 Å².